The summed E-state index contributed by atoms with van der Waals surface area (Å²) in [6.45, 7) is 2.00. The van der Waals surface area contributed by atoms with Gasteiger partial charge in [-0.1, -0.05) is 23.9 Å². The van der Waals surface area contributed by atoms with Crippen LogP contribution in [0.4, 0.5) is 5.69 Å². The van der Waals surface area contributed by atoms with Crippen molar-refractivity contribution in [1.82, 2.24) is 4.98 Å². The third kappa shape index (κ3) is 5.11. The smallest absolute Gasteiger partial charge is 0.255 e. The van der Waals surface area contributed by atoms with Gasteiger partial charge in [-0.05, 0) is 55.1 Å². The summed E-state index contributed by atoms with van der Waals surface area (Å²) in [5, 5.41) is 4.98. The summed E-state index contributed by atoms with van der Waals surface area (Å²) in [6.07, 6.45) is 2.03. The summed E-state index contributed by atoms with van der Waals surface area (Å²) in [4.78, 5) is 18.0. The van der Waals surface area contributed by atoms with Crippen LogP contribution in [0.25, 0.3) is 0 Å². The third-order valence-electron chi connectivity index (χ3n) is 3.52. The van der Waals surface area contributed by atoms with Crippen molar-refractivity contribution in [3.63, 3.8) is 0 Å². The predicted octanol–water partition coefficient (Wildman–Crippen LogP) is 5.72. The summed E-state index contributed by atoms with van der Waals surface area (Å²) < 4.78 is 1.08. The van der Waals surface area contributed by atoms with Gasteiger partial charge in [-0.15, -0.1) is 23.1 Å². The lowest BCUT2D eigenvalue weighted by Crippen LogP contribution is -2.11. The summed E-state index contributed by atoms with van der Waals surface area (Å²) in [5.74, 6) is 0.761. The molecule has 1 heterocycles. The monoisotopic (exact) mass is 386 g/mol. The number of benzene rings is 2. The molecule has 128 valence electrons. The van der Waals surface area contributed by atoms with Crippen molar-refractivity contribution in [1.29, 1.82) is 0 Å². The maximum Gasteiger partial charge on any atom is 0.255 e. The maximum atomic E-state index is 12.3. The molecule has 6 heteroatoms. The standard InChI is InChI=1S/C19H18N2OS3/c1-13-11-24-19(20-13)25-12-14-3-5-15(6-4-14)18(22)21-16-7-9-17(23-2)10-8-16/h3-11H,12H2,1-2H3,(H,21,22). The van der Waals surface area contributed by atoms with Crippen molar-refractivity contribution in [2.24, 2.45) is 0 Å². The number of rotatable bonds is 6. The Kier molecular flexibility index (Phi) is 6.18. The zero-order chi connectivity index (χ0) is 17.6. The van der Waals surface area contributed by atoms with Crippen LogP contribution in [0, 0.1) is 6.92 Å². The first-order chi connectivity index (χ1) is 12.1. The fourth-order valence-electron chi connectivity index (χ4n) is 2.17. The molecule has 2 aromatic carbocycles. The summed E-state index contributed by atoms with van der Waals surface area (Å²) in [5.41, 5.74) is 3.71. The summed E-state index contributed by atoms with van der Waals surface area (Å²) in [6, 6.07) is 15.6. The van der Waals surface area contributed by atoms with Crippen LogP contribution in [0.5, 0.6) is 0 Å². The van der Waals surface area contributed by atoms with E-state index < -0.39 is 0 Å². The van der Waals surface area contributed by atoms with Gasteiger partial charge in [-0.25, -0.2) is 4.98 Å². The fraction of sp³-hybridized carbons (Fsp3) is 0.158. The van der Waals surface area contributed by atoms with Gasteiger partial charge in [-0.2, -0.15) is 0 Å². The number of hydrogen-bond donors (Lipinski definition) is 1. The molecular weight excluding hydrogens is 368 g/mol. The van der Waals surface area contributed by atoms with Gasteiger partial charge in [0.2, 0.25) is 0 Å². The molecule has 0 saturated heterocycles. The van der Waals surface area contributed by atoms with E-state index in [1.807, 2.05) is 61.7 Å². The van der Waals surface area contributed by atoms with Crippen LogP contribution in [-0.4, -0.2) is 17.1 Å². The number of hydrogen-bond acceptors (Lipinski definition) is 5. The predicted molar refractivity (Wildman–Crippen MR) is 109 cm³/mol. The minimum absolute atomic E-state index is 0.0911. The Bertz CT molecular complexity index is 842. The van der Waals surface area contributed by atoms with E-state index >= 15 is 0 Å². The molecule has 0 aliphatic carbocycles. The zero-order valence-corrected chi connectivity index (χ0v) is 16.4. The van der Waals surface area contributed by atoms with Crippen LogP contribution in [0.2, 0.25) is 0 Å². The minimum atomic E-state index is -0.0911. The number of aromatic nitrogens is 1. The summed E-state index contributed by atoms with van der Waals surface area (Å²) in [7, 11) is 0. The number of amides is 1. The highest BCUT2D eigenvalue weighted by atomic mass is 32.2. The van der Waals surface area contributed by atoms with Crippen molar-refractivity contribution in [2.45, 2.75) is 21.9 Å². The number of anilines is 1. The molecule has 3 rings (SSSR count). The molecule has 0 aliphatic rings. The Morgan fingerprint density at radius 1 is 1.12 bits per heavy atom. The first-order valence-corrected chi connectivity index (χ1v) is 10.8. The van der Waals surface area contributed by atoms with Gasteiger partial charge in [0.15, 0.2) is 0 Å². The fourth-order valence-corrected chi connectivity index (χ4v) is 4.39. The van der Waals surface area contributed by atoms with Crippen LogP contribution in [0.1, 0.15) is 21.6 Å². The number of nitrogens with zero attached hydrogens (tertiary/aromatic N) is 1. The number of nitrogens with one attached hydrogen (secondary N) is 1. The second kappa shape index (κ2) is 8.56. The molecule has 3 aromatic rings. The number of carbonyl (C=O) groups is 1. The molecule has 1 amide bonds. The molecule has 0 atom stereocenters. The molecule has 0 spiro atoms. The SMILES string of the molecule is CSc1ccc(NC(=O)c2ccc(CSc3nc(C)cs3)cc2)cc1. The molecule has 0 aliphatic heterocycles. The van der Waals surface area contributed by atoms with Gasteiger partial charge in [0.1, 0.15) is 4.34 Å². The third-order valence-corrected chi connectivity index (χ3v) is 6.48. The summed E-state index contributed by atoms with van der Waals surface area (Å²) >= 11 is 5.07. The largest absolute Gasteiger partial charge is 0.322 e. The lowest BCUT2D eigenvalue weighted by Gasteiger charge is -2.07. The minimum Gasteiger partial charge on any atom is -0.322 e. The van der Waals surface area contributed by atoms with Crippen LogP contribution >= 0.6 is 34.9 Å². The van der Waals surface area contributed by atoms with E-state index in [0.29, 0.717) is 5.56 Å². The molecule has 0 radical (unpaired) electrons. The Hall–Kier alpha value is -1.76. The quantitative estimate of drug-likeness (QED) is 0.550. The maximum absolute atomic E-state index is 12.3. The lowest BCUT2D eigenvalue weighted by atomic mass is 10.1. The highest BCUT2D eigenvalue weighted by Crippen LogP contribution is 2.26. The topological polar surface area (TPSA) is 42.0 Å². The Labute approximate surface area is 160 Å². The highest BCUT2D eigenvalue weighted by Gasteiger charge is 2.07. The molecular formula is C19H18N2OS3. The highest BCUT2D eigenvalue weighted by molar-refractivity contribution is 8.00. The van der Waals surface area contributed by atoms with Gasteiger partial charge in [0.05, 0.1) is 0 Å². The van der Waals surface area contributed by atoms with Gasteiger partial charge >= 0.3 is 0 Å². The van der Waals surface area contributed by atoms with E-state index in [0.717, 1.165) is 21.5 Å². The average Bonchev–Trinajstić information content (AvgIpc) is 3.06. The number of aryl methyl sites for hydroxylation is 1. The number of thioether (sulfide) groups is 2. The van der Waals surface area contributed by atoms with Crippen molar-refractivity contribution >= 4 is 46.5 Å². The average molecular weight is 387 g/mol. The lowest BCUT2D eigenvalue weighted by molar-refractivity contribution is 0.102. The van der Waals surface area contributed by atoms with E-state index in [4.69, 9.17) is 0 Å². The van der Waals surface area contributed by atoms with Crippen molar-refractivity contribution in [2.75, 3.05) is 11.6 Å². The van der Waals surface area contributed by atoms with Gasteiger partial charge < -0.3 is 5.32 Å². The number of carbonyl (C=O) groups excluding carboxylic acids is 1. The van der Waals surface area contributed by atoms with Crippen LogP contribution in [-0.2, 0) is 5.75 Å². The molecule has 1 aromatic heterocycles. The van der Waals surface area contributed by atoms with Crippen LogP contribution < -0.4 is 5.32 Å². The molecule has 0 fully saturated rings. The zero-order valence-electron chi connectivity index (χ0n) is 14.0. The second-order valence-corrected chi connectivity index (χ2v) is 8.38. The van der Waals surface area contributed by atoms with Crippen molar-refractivity contribution in [3.8, 4) is 0 Å². The van der Waals surface area contributed by atoms with Gasteiger partial charge in [0, 0.05) is 33.0 Å². The van der Waals surface area contributed by atoms with E-state index in [-0.39, 0.29) is 5.91 Å². The molecule has 0 saturated carbocycles. The van der Waals surface area contributed by atoms with E-state index in [1.54, 1.807) is 34.9 Å². The first kappa shape index (κ1) is 18.0. The molecule has 0 unspecified atom stereocenters. The van der Waals surface area contributed by atoms with Crippen molar-refractivity contribution in [3.05, 3.63) is 70.7 Å². The Balaban J connectivity index is 1.57. The number of thiazole rings is 1. The van der Waals surface area contributed by atoms with Gasteiger partial charge in [-0.3, -0.25) is 4.79 Å². The molecule has 25 heavy (non-hydrogen) atoms. The van der Waals surface area contributed by atoms with E-state index in [1.165, 1.54) is 10.5 Å². The van der Waals surface area contributed by atoms with Gasteiger partial charge in [0.25, 0.3) is 5.91 Å². The first-order valence-electron chi connectivity index (χ1n) is 7.73. The normalized spacial score (nSPS) is 10.6. The second-order valence-electron chi connectivity index (χ2n) is 5.42. The van der Waals surface area contributed by atoms with E-state index in [2.05, 4.69) is 15.7 Å². The van der Waals surface area contributed by atoms with Crippen LogP contribution in [0.3, 0.4) is 0 Å². The molecule has 1 N–H and O–H groups in total. The van der Waals surface area contributed by atoms with Crippen molar-refractivity contribution < 1.29 is 4.79 Å². The van der Waals surface area contributed by atoms with Crippen LogP contribution in [0.15, 0.2) is 63.1 Å². The molecule has 3 nitrogen and oxygen atoms in total. The Morgan fingerprint density at radius 3 is 2.44 bits per heavy atom. The Morgan fingerprint density at radius 2 is 1.84 bits per heavy atom. The molecule has 0 bridgehead atoms. The van der Waals surface area contributed by atoms with E-state index in [9.17, 15) is 4.79 Å².